The molecule has 0 amide bonds. The minimum absolute atomic E-state index is 0.0623. The van der Waals surface area contributed by atoms with E-state index in [2.05, 4.69) is 39.3 Å². The Morgan fingerprint density at radius 2 is 1.70 bits per heavy atom. The van der Waals surface area contributed by atoms with Crippen LogP contribution in [0.2, 0.25) is 0 Å². The van der Waals surface area contributed by atoms with Gasteiger partial charge < -0.3 is 14.9 Å². The van der Waals surface area contributed by atoms with Gasteiger partial charge in [0, 0.05) is 31.9 Å². The van der Waals surface area contributed by atoms with Gasteiger partial charge in [-0.1, -0.05) is 5.21 Å². The van der Waals surface area contributed by atoms with Gasteiger partial charge in [0.15, 0.2) is 0 Å². The Hall–Kier alpha value is -1.92. The summed E-state index contributed by atoms with van der Waals surface area (Å²) in [5.74, 6) is 0. The van der Waals surface area contributed by atoms with E-state index in [1.807, 2.05) is 12.1 Å². The van der Waals surface area contributed by atoms with Crippen molar-refractivity contribution < 1.29 is 5.11 Å². The highest BCUT2D eigenvalue weighted by atomic mass is 16.3. The van der Waals surface area contributed by atoms with E-state index in [9.17, 15) is 5.11 Å². The minimum Gasteiger partial charge on any atom is -0.390 e. The first-order valence-electron chi connectivity index (χ1n) is 6.82. The van der Waals surface area contributed by atoms with Crippen LogP contribution in [0.4, 0.5) is 5.69 Å². The normalized spacial score (nSPS) is 16.6. The lowest BCUT2D eigenvalue weighted by Gasteiger charge is -2.34. The lowest BCUT2D eigenvalue weighted by atomic mass is 10.2. The van der Waals surface area contributed by atoms with Gasteiger partial charge in [-0.25, -0.2) is 4.68 Å². The first kappa shape index (κ1) is 13.1. The maximum atomic E-state index is 9.24. The minimum atomic E-state index is -0.0623. The molecule has 1 aromatic heterocycles. The molecule has 3 rings (SSSR count). The van der Waals surface area contributed by atoms with Gasteiger partial charge in [-0.15, -0.1) is 5.10 Å². The molecule has 1 aromatic carbocycles. The smallest absolute Gasteiger partial charge is 0.0900 e. The highest BCUT2D eigenvalue weighted by Gasteiger charge is 2.14. The van der Waals surface area contributed by atoms with Crippen LogP contribution in [-0.4, -0.2) is 58.2 Å². The quantitative estimate of drug-likeness (QED) is 0.883. The van der Waals surface area contributed by atoms with E-state index in [1.165, 1.54) is 5.69 Å². The molecule has 0 radical (unpaired) electrons. The van der Waals surface area contributed by atoms with E-state index in [-0.39, 0.29) is 6.61 Å². The van der Waals surface area contributed by atoms with Crippen molar-refractivity contribution in [3.05, 3.63) is 36.2 Å². The third kappa shape index (κ3) is 2.52. The predicted molar refractivity (Wildman–Crippen MR) is 77.0 cm³/mol. The molecule has 0 unspecified atom stereocenters. The molecule has 1 N–H and O–H groups in total. The van der Waals surface area contributed by atoms with Crippen molar-refractivity contribution in [3.63, 3.8) is 0 Å². The van der Waals surface area contributed by atoms with E-state index in [0.717, 1.165) is 31.9 Å². The summed E-state index contributed by atoms with van der Waals surface area (Å²) in [6.07, 6.45) is 1.58. The van der Waals surface area contributed by atoms with Crippen LogP contribution in [0.3, 0.4) is 0 Å². The van der Waals surface area contributed by atoms with Gasteiger partial charge in [0.2, 0.25) is 0 Å². The summed E-state index contributed by atoms with van der Waals surface area (Å²) in [6.45, 7) is 4.24. The average Bonchev–Trinajstić information content (AvgIpc) is 2.97. The maximum Gasteiger partial charge on any atom is 0.0900 e. The molecule has 0 bridgehead atoms. The van der Waals surface area contributed by atoms with Crippen molar-refractivity contribution in [1.29, 1.82) is 0 Å². The van der Waals surface area contributed by atoms with Crippen molar-refractivity contribution in [2.75, 3.05) is 38.1 Å². The van der Waals surface area contributed by atoms with Gasteiger partial charge >= 0.3 is 0 Å². The Balaban J connectivity index is 1.78. The molecule has 1 aliphatic heterocycles. The number of hydrogen-bond donors (Lipinski definition) is 1. The third-order valence-electron chi connectivity index (χ3n) is 3.74. The first-order chi connectivity index (χ1) is 9.78. The zero-order chi connectivity index (χ0) is 13.9. The zero-order valence-corrected chi connectivity index (χ0v) is 11.6. The molecule has 0 spiro atoms. The predicted octanol–water partition coefficient (Wildman–Crippen LogP) is 0.511. The van der Waals surface area contributed by atoms with Gasteiger partial charge in [0.05, 0.1) is 24.2 Å². The molecule has 2 aromatic rings. The largest absolute Gasteiger partial charge is 0.390 e. The molecule has 6 heteroatoms. The molecular formula is C14H19N5O. The monoisotopic (exact) mass is 273 g/mol. The number of anilines is 1. The Morgan fingerprint density at radius 3 is 2.35 bits per heavy atom. The Bertz CT molecular complexity index is 557. The van der Waals surface area contributed by atoms with E-state index < -0.39 is 0 Å². The fraction of sp³-hybridized carbons (Fsp3) is 0.429. The molecule has 1 fully saturated rings. The molecule has 1 aliphatic rings. The van der Waals surface area contributed by atoms with Crippen LogP contribution in [0.15, 0.2) is 30.5 Å². The highest BCUT2D eigenvalue weighted by molar-refractivity contribution is 5.51. The number of benzene rings is 1. The van der Waals surface area contributed by atoms with Crippen LogP contribution in [0.1, 0.15) is 5.69 Å². The molecule has 0 atom stereocenters. The molecule has 0 aliphatic carbocycles. The number of aliphatic hydroxyl groups is 1. The average molecular weight is 273 g/mol. The molecular weight excluding hydrogens is 254 g/mol. The lowest BCUT2D eigenvalue weighted by Crippen LogP contribution is -2.44. The van der Waals surface area contributed by atoms with Gasteiger partial charge in [-0.3, -0.25) is 0 Å². The Morgan fingerprint density at radius 1 is 1.05 bits per heavy atom. The Kier molecular flexibility index (Phi) is 3.66. The van der Waals surface area contributed by atoms with E-state index in [0.29, 0.717) is 5.69 Å². The van der Waals surface area contributed by atoms with Crippen LogP contribution in [0.25, 0.3) is 5.69 Å². The summed E-state index contributed by atoms with van der Waals surface area (Å²) >= 11 is 0. The number of aromatic nitrogens is 3. The molecule has 1 saturated heterocycles. The van der Waals surface area contributed by atoms with Crippen molar-refractivity contribution in [3.8, 4) is 5.69 Å². The second-order valence-corrected chi connectivity index (χ2v) is 5.10. The van der Waals surface area contributed by atoms with Crippen molar-refractivity contribution >= 4 is 5.69 Å². The molecule has 6 nitrogen and oxygen atoms in total. The molecule has 20 heavy (non-hydrogen) atoms. The van der Waals surface area contributed by atoms with Gasteiger partial charge in [0.25, 0.3) is 0 Å². The van der Waals surface area contributed by atoms with Crippen LogP contribution >= 0.6 is 0 Å². The zero-order valence-electron chi connectivity index (χ0n) is 11.6. The van der Waals surface area contributed by atoms with E-state index >= 15 is 0 Å². The topological polar surface area (TPSA) is 57.4 Å². The number of rotatable bonds is 3. The molecule has 2 heterocycles. The van der Waals surface area contributed by atoms with Gasteiger partial charge in [0.1, 0.15) is 0 Å². The second-order valence-electron chi connectivity index (χ2n) is 5.10. The number of likely N-dealkylation sites (N-methyl/N-ethyl adjacent to an activating group) is 1. The SMILES string of the molecule is CN1CCN(c2ccc(-n3nncc3CO)cc2)CC1. The summed E-state index contributed by atoms with van der Waals surface area (Å²) < 4.78 is 1.66. The summed E-state index contributed by atoms with van der Waals surface area (Å²) in [6, 6.07) is 8.23. The standard InChI is InChI=1S/C14H19N5O/c1-17-6-8-18(9-7-17)12-2-4-13(5-3-12)19-14(11-20)10-15-16-19/h2-5,10,20H,6-9,11H2,1H3. The number of piperazine rings is 1. The van der Waals surface area contributed by atoms with Crippen LogP contribution in [0, 0.1) is 0 Å². The van der Waals surface area contributed by atoms with Crippen LogP contribution < -0.4 is 4.90 Å². The summed E-state index contributed by atoms with van der Waals surface area (Å²) in [5.41, 5.74) is 2.84. The maximum absolute atomic E-state index is 9.24. The number of nitrogens with zero attached hydrogens (tertiary/aromatic N) is 5. The van der Waals surface area contributed by atoms with Crippen molar-refractivity contribution in [2.45, 2.75) is 6.61 Å². The number of aliphatic hydroxyl groups excluding tert-OH is 1. The summed E-state index contributed by atoms with van der Waals surface area (Å²) in [5, 5.41) is 17.1. The summed E-state index contributed by atoms with van der Waals surface area (Å²) in [7, 11) is 2.15. The molecule has 0 saturated carbocycles. The van der Waals surface area contributed by atoms with E-state index in [1.54, 1.807) is 10.9 Å². The fourth-order valence-electron chi connectivity index (χ4n) is 2.45. The first-order valence-corrected chi connectivity index (χ1v) is 6.82. The molecule has 106 valence electrons. The van der Waals surface area contributed by atoms with Crippen LogP contribution in [-0.2, 0) is 6.61 Å². The van der Waals surface area contributed by atoms with E-state index in [4.69, 9.17) is 0 Å². The second kappa shape index (κ2) is 5.60. The van der Waals surface area contributed by atoms with Gasteiger partial charge in [-0.05, 0) is 31.3 Å². The lowest BCUT2D eigenvalue weighted by molar-refractivity contribution is 0.273. The van der Waals surface area contributed by atoms with Gasteiger partial charge in [-0.2, -0.15) is 0 Å². The number of hydrogen-bond acceptors (Lipinski definition) is 5. The fourth-order valence-corrected chi connectivity index (χ4v) is 2.45. The summed E-state index contributed by atoms with van der Waals surface area (Å²) in [4.78, 5) is 4.73. The third-order valence-corrected chi connectivity index (χ3v) is 3.74. The van der Waals surface area contributed by atoms with Crippen molar-refractivity contribution in [1.82, 2.24) is 19.9 Å². The highest BCUT2D eigenvalue weighted by Crippen LogP contribution is 2.19. The van der Waals surface area contributed by atoms with Crippen molar-refractivity contribution in [2.24, 2.45) is 0 Å². The Labute approximate surface area is 118 Å². The van der Waals surface area contributed by atoms with Crippen LogP contribution in [0.5, 0.6) is 0 Å².